The first-order chi connectivity index (χ1) is 13.9. The molecule has 1 fully saturated rings. The van der Waals surface area contributed by atoms with Crippen LogP contribution >= 0.6 is 0 Å². The van der Waals surface area contributed by atoms with Gasteiger partial charge in [0.05, 0.1) is 30.5 Å². The van der Waals surface area contributed by atoms with Crippen LogP contribution < -0.4 is 0 Å². The summed E-state index contributed by atoms with van der Waals surface area (Å²) in [5, 5.41) is 11.7. The Morgan fingerprint density at radius 1 is 1.00 bits per heavy atom. The molecule has 3 aromatic rings. The Bertz CT molecular complexity index is 967. The second-order valence-electron chi connectivity index (χ2n) is 6.60. The Morgan fingerprint density at radius 2 is 1.72 bits per heavy atom. The summed E-state index contributed by atoms with van der Waals surface area (Å²) in [7, 11) is 0. The highest BCUT2D eigenvalue weighted by molar-refractivity contribution is 5.38. The van der Waals surface area contributed by atoms with E-state index in [9.17, 15) is 17.6 Å². The molecule has 0 radical (unpaired) electrons. The second-order valence-corrected chi connectivity index (χ2v) is 6.60. The van der Waals surface area contributed by atoms with Crippen LogP contribution in [0.3, 0.4) is 0 Å². The van der Waals surface area contributed by atoms with E-state index in [0.717, 1.165) is 17.7 Å². The van der Waals surface area contributed by atoms with Crippen molar-refractivity contribution in [3.8, 4) is 5.69 Å². The molecule has 0 unspecified atom stereocenters. The van der Waals surface area contributed by atoms with Crippen molar-refractivity contribution in [2.24, 2.45) is 0 Å². The molecule has 10 heteroatoms. The van der Waals surface area contributed by atoms with Gasteiger partial charge in [0.1, 0.15) is 5.82 Å². The van der Waals surface area contributed by atoms with Crippen molar-refractivity contribution in [1.29, 1.82) is 0 Å². The minimum atomic E-state index is -4.48. The van der Waals surface area contributed by atoms with E-state index >= 15 is 0 Å². The maximum Gasteiger partial charge on any atom is 0.416 e. The molecule has 0 aliphatic carbocycles. The molecule has 1 atom stereocenters. The molecule has 0 amide bonds. The lowest BCUT2D eigenvalue weighted by atomic mass is 10.0. The van der Waals surface area contributed by atoms with Gasteiger partial charge in [0.2, 0.25) is 0 Å². The van der Waals surface area contributed by atoms with Gasteiger partial charge in [0.15, 0.2) is 5.82 Å². The number of rotatable bonds is 4. The molecule has 29 heavy (non-hydrogen) atoms. The normalized spacial score (nSPS) is 16.7. The second kappa shape index (κ2) is 7.88. The summed E-state index contributed by atoms with van der Waals surface area (Å²) in [4.78, 5) is 2.06. The quantitative estimate of drug-likeness (QED) is 0.622. The zero-order chi connectivity index (χ0) is 20.4. The average molecular weight is 407 g/mol. The maximum absolute atomic E-state index is 13.4. The third-order valence-corrected chi connectivity index (χ3v) is 4.75. The summed E-state index contributed by atoms with van der Waals surface area (Å²) >= 11 is 0. The Hall–Kier alpha value is -2.85. The SMILES string of the molecule is Fc1ccc([C@@H](c2nnnn2-c2cccc(C(F)(F)F)c2)N2CCOCC2)cc1. The first-order valence-electron chi connectivity index (χ1n) is 8.96. The number of alkyl halides is 3. The maximum atomic E-state index is 13.4. The van der Waals surface area contributed by atoms with Crippen LogP contribution in [-0.4, -0.2) is 51.4 Å². The van der Waals surface area contributed by atoms with Gasteiger partial charge in [-0.3, -0.25) is 4.90 Å². The van der Waals surface area contributed by atoms with E-state index in [-0.39, 0.29) is 11.5 Å². The molecule has 1 aliphatic rings. The summed E-state index contributed by atoms with van der Waals surface area (Å²) in [6, 6.07) is 10.3. The summed E-state index contributed by atoms with van der Waals surface area (Å²) in [6.07, 6.45) is -4.48. The van der Waals surface area contributed by atoms with Crippen molar-refractivity contribution >= 4 is 0 Å². The van der Waals surface area contributed by atoms with E-state index in [0.29, 0.717) is 32.1 Å². The Kier molecular flexibility index (Phi) is 5.29. The van der Waals surface area contributed by atoms with Crippen molar-refractivity contribution < 1.29 is 22.3 Å². The number of benzene rings is 2. The summed E-state index contributed by atoms with van der Waals surface area (Å²) in [5.74, 6) is -0.0372. The standard InChI is InChI=1S/C19H17F4N5O/c20-15-6-4-13(5-7-15)17(27-8-10-29-11-9-27)18-24-25-26-28(18)16-3-1-2-14(12-16)19(21,22)23/h1-7,12,17H,8-11H2/t17-/m0/s1. The lowest BCUT2D eigenvalue weighted by molar-refractivity contribution is -0.137. The molecule has 0 spiro atoms. The van der Waals surface area contributed by atoms with E-state index in [1.54, 1.807) is 12.1 Å². The topological polar surface area (TPSA) is 56.1 Å². The van der Waals surface area contributed by atoms with Crippen LogP contribution in [0.25, 0.3) is 5.69 Å². The lowest BCUT2D eigenvalue weighted by Gasteiger charge is -2.33. The minimum absolute atomic E-state index is 0.195. The van der Waals surface area contributed by atoms with Crippen LogP contribution in [0.2, 0.25) is 0 Å². The van der Waals surface area contributed by atoms with Gasteiger partial charge in [0, 0.05) is 13.1 Å². The summed E-state index contributed by atoms with van der Waals surface area (Å²) in [5.41, 5.74) is 0.137. The van der Waals surface area contributed by atoms with Crippen molar-refractivity contribution in [3.63, 3.8) is 0 Å². The number of hydrogen-bond donors (Lipinski definition) is 0. The van der Waals surface area contributed by atoms with Crippen molar-refractivity contribution in [2.75, 3.05) is 26.3 Å². The van der Waals surface area contributed by atoms with Crippen LogP contribution in [-0.2, 0) is 10.9 Å². The van der Waals surface area contributed by atoms with Crippen LogP contribution in [0, 0.1) is 5.82 Å². The van der Waals surface area contributed by atoms with Crippen LogP contribution in [0.15, 0.2) is 48.5 Å². The van der Waals surface area contributed by atoms with Crippen LogP contribution in [0.4, 0.5) is 17.6 Å². The predicted octanol–water partition coefficient (Wildman–Crippen LogP) is 3.24. The monoisotopic (exact) mass is 407 g/mol. The van der Waals surface area contributed by atoms with E-state index in [1.165, 1.54) is 28.9 Å². The Labute approximate surface area is 163 Å². The van der Waals surface area contributed by atoms with E-state index in [1.807, 2.05) is 0 Å². The minimum Gasteiger partial charge on any atom is -0.379 e. The molecular formula is C19H17F4N5O. The van der Waals surface area contributed by atoms with Gasteiger partial charge in [-0.2, -0.15) is 17.9 Å². The molecule has 2 heterocycles. The van der Waals surface area contributed by atoms with Gasteiger partial charge in [-0.1, -0.05) is 18.2 Å². The fourth-order valence-electron chi connectivity index (χ4n) is 3.37. The van der Waals surface area contributed by atoms with Gasteiger partial charge < -0.3 is 4.74 Å². The molecule has 152 valence electrons. The summed E-state index contributed by atoms with van der Waals surface area (Å²) < 4.78 is 59.6. The molecule has 4 rings (SSSR count). The van der Waals surface area contributed by atoms with Crippen LogP contribution in [0.1, 0.15) is 23.0 Å². The van der Waals surface area contributed by atoms with Gasteiger partial charge in [-0.15, -0.1) is 5.10 Å². The van der Waals surface area contributed by atoms with Crippen molar-refractivity contribution in [2.45, 2.75) is 12.2 Å². The fourth-order valence-corrected chi connectivity index (χ4v) is 3.37. The number of tetrazole rings is 1. The molecule has 0 N–H and O–H groups in total. The van der Waals surface area contributed by atoms with Crippen molar-refractivity contribution in [1.82, 2.24) is 25.1 Å². The zero-order valence-electron chi connectivity index (χ0n) is 15.2. The lowest BCUT2D eigenvalue weighted by Crippen LogP contribution is -2.40. The highest BCUT2D eigenvalue weighted by Gasteiger charge is 2.32. The first-order valence-corrected chi connectivity index (χ1v) is 8.96. The van der Waals surface area contributed by atoms with E-state index in [4.69, 9.17) is 4.74 Å². The van der Waals surface area contributed by atoms with E-state index < -0.39 is 17.8 Å². The molecule has 1 aliphatic heterocycles. The number of hydrogen-bond acceptors (Lipinski definition) is 5. The Balaban J connectivity index is 1.79. The smallest absolute Gasteiger partial charge is 0.379 e. The highest BCUT2D eigenvalue weighted by atomic mass is 19.4. The van der Waals surface area contributed by atoms with Crippen molar-refractivity contribution in [3.05, 3.63) is 71.3 Å². The predicted molar refractivity (Wildman–Crippen MR) is 94.8 cm³/mol. The number of halogens is 4. The highest BCUT2D eigenvalue weighted by Crippen LogP contribution is 2.32. The van der Waals surface area contributed by atoms with Gasteiger partial charge >= 0.3 is 6.18 Å². The Morgan fingerprint density at radius 3 is 2.41 bits per heavy atom. The third-order valence-electron chi connectivity index (χ3n) is 4.75. The largest absolute Gasteiger partial charge is 0.416 e. The van der Waals surface area contributed by atoms with E-state index in [2.05, 4.69) is 20.4 Å². The van der Waals surface area contributed by atoms with Gasteiger partial charge in [0.25, 0.3) is 0 Å². The number of nitrogens with zero attached hydrogens (tertiary/aromatic N) is 5. The summed E-state index contributed by atoms with van der Waals surface area (Å²) in [6.45, 7) is 2.17. The van der Waals surface area contributed by atoms with Gasteiger partial charge in [-0.05, 0) is 46.3 Å². The molecular weight excluding hydrogens is 390 g/mol. The first kappa shape index (κ1) is 19.5. The van der Waals surface area contributed by atoms with Crippen LogP contribution in [0.5, 0.6) is 0 Å². The zero-order valence-corrected chi connectivity index (χ0v) is 15.2. The fraction of sp³-hybridized carbons (Fsp3) is 0.316. The number of aromatic nitrogens is 4. The molecule has 1 aromatic heterocycles. The third kappa shape index (κ3) is 4.13. The average Bonchev–Trinajstić information content (AvgIpc) is 3.19. The molecule has 2 aromatic carbocycles. The molecule has 6 nitrogen and oxygen atoms in total. The molecule has 0 saturated carbocycles. The molecule has 0 bridgehead atoms. The number of ether oxygens (including phenoxy) is 1. The number of morpholine rings is 1. The van der Waals surface area contributed by atoms with Gasteiger partial charge in [-0.25, -0.2) is 4.39 Å². The molecule has 1 saturated heterocycles.